The summed E-state index contributed by atoms with van der Waals surface area (Å²) in [4.78, 5) is 0. The second-order valence-corrected chi connectivity index (χ2v) is 10.4. The van der Waals surface area contributed by atoms with Crippen LogP contribution in [0.4, 0.5) is 0 Å². The Morgan fingerprint density at radius 2 is 2.05 bits per heavy atom. The van der Waals surface area contributed by atoms with Crippen LogP contribution in [0.3, 0.4) is 0 Å². The second kappa shape index (κ2) is 7.14. The largest absolute Gasteiger partial charge is 0.310 e. The second-order valence-electron chi connectivity index (χ2n) is 5.15. The van der Waals surface area contributed by atoms with Gasteiger partial charge in [0, 0.05) is 11.6 Å². The Morgan fingerprint density at radius 1 is 1.41 bits per heavy atom. The molecule has 0 amide bonds. The minimum absolute atomic E-state index is 0. The van der Waals surface area contributed by atoms with E-state index in [0.29, 0.717) is 24.9 Å². The summed E-state index contributed by atoms with van der Waals surface area (Å²) in [6.07, 6.45) is 1.82. The molecule has 0 saturated carbocycles. The highest BCUT2D eigenvalue weighted by atomic mass is 35.5. The molecule has 2 heterocycles. The zero-order chi connectivity index (χ0) is 15.8. The van der Waals surface area contributed by atoms with E-state index in [1.165, 1.54) is 6.07 Å². The number of nitrogens with one attached hydrogen (secondary N) is 1. The fourth-order valence-electron chi connectivity index (χ4n) is 2.67. The molecule has 6 nitrogen and oxygen atoms in total. The molecule has 0 bridgehead atoms. The summed E-state index contributed by atoms with van der Waals surface area (Å²) in [5.74, 6) is 0. The van der Waals surface area contributed by atoms with Crippen molar-refractivity contribution in [1.82, 2.24) is 5.32 Å². The molecule has 0 unspecified atom stereocenters. The summed E-state index contributed by atoms with van der Waals surface area (Å²) in [6, 6.07) is 1.26. The van der Waals surface area contributed by atoms with Crippen LogP contribution < -0.4 is 10.5 Å². The van der Waals surface area contributed by atoms with Crippen LogP contribution in [0.5, 0.6) is 0 Å². The van der Waals surface area contributed by atoms with Gasteiger partial charge in [0.1, 0.15) is 8.42 Å². The van der Waals surface area contributed by atoms with Crippen molar-refractivity contribution in [3.05, 3.63) is 11.6 Å². The molecule has 22 heavy (non-hydrogen) atoms. The smallest absolute Gasteiger partial charge is 0.247 e. The lowest BCUT2D eigenvalue weighted by Crippen LogP contribution is -2.34. The van der Waals surface area contributed by atoms with Gasteiger partial charge in [-0.2, -0.15) is 0 Å². The lowest BCUT2D eigenvalue weighted by atomic mass is 10.0. The van der Waals surface area contributed by atoms with Crippen molar-refractivity contribution in [2.24, 2.45) is 5.14 Å². The van der Waals surface area contributed by atoms with E-state index in [1.807, 2.05) is 13.8 Å². The number of hydrogen-bond donors (Lipinski definition) is 2. The third kappa shape index (κ3) is 3.65. The molecule has 3 N–H and O–H groups in total. The van der Waals surface area contributed by atoms with E-state index in [1.54, 1.807) is 0 Å². The van der Waals surface area contributed by atoms with E-state index in [9.17, 15) is 16.8 Å². The molecule has 0 spiro atoms. The molecule has 0 fully saturated rings. The maximum absolute atomic E-state index is 12.6. The number of hydrogen-bond acceptors (Lipinski definition) is 6. The monoisotopic (exact) mass is 388 g/mol. The first kappa shape index (κ1) is 19.9. The number of sulfone groups is 1. The van der Waals surface area contributed by atoms with Gasteiger partial charge < -0.3 is 5.32 Å². The minimum atomic E-state index is -3.89. The Kier molecular flexibility index (Phi) is 6.45. The Hall–Kier alpha value is -0.190. The molecule has 0 aromatic carbocycles. The van der Waals surface area contributed by atoms with Gasteiger partial charge in [0.05, 0.1) is 5.25 Å². The molecule has 0 aliphatic carbocycles. The van der Waals surface area contributed by atoms with E-state index in [4.69, 9.17) is 5.14 Å². The van der Waals surface area contributed by atoms with Crippen LogP contribution in [0.15, 0.2) is 14.5 Å². The van der Waals surface area contributed by atoms with Crippen molar-refractivity contribution >= 4 is 43.6 Å². The highest BCUT2D eigenvalue weighted by Gasteiger charge is 2.40. The van der Waals surface area contributed by atoms with Crippen LogP contribution >= 0.6 is 23.7 Å². The summed E-state index contributed by atoms with van der Waals surface area (Å²) in [7, 11) is -7.37. The molecular formula is C12H21ClN2O4S3. The van der Waals surface area contributed by atoms with E-state index in [-0.39, 0.29) is 26.9 Å². The Bertz CT molecular complexity index is 728. The molecule has 1 aromatic heterocycles. The van der Waals surface area contributed by atoms with Crippen LogP contribution in [0.1, 0.15) is 44.7 Å². The van der Waals surface area contributed by atoms with Crippen molar-refractivity contribution in [1.29, 1.82) is 0 Å². The maximum Gasteiger partial charge on any atom is 0.247 e. The number of rotatable bonds is 5. The minimum Gasteiger partial charge on any atom is -0.310 e. The van der Waals surface area contributed by atoms with Crippen LogP contribution in [0, 0.1) is 0 Å². The standard InChI is InChI=1S/C12H20N2O4S3.ClH/c1-3-5-8-6-10(14-4-2)9-7-11(21(13,17)18)19-12(9)20(8,15)16;/h7-8,10,14H,3-6H2,1-2H3,(H2,13,17,18);1H/t8-,10-;/m0./s1. The molecule has 2 rings (SSSR count). The number of nitrogens with two attached hydrogens (primary N) is 1. The molecule has 0 radical (unpaired) electrons. The van der Waals surface area contributed by atoms with E-state index < -0.39 is 25.1 Å². The van der Waals surface area contributed by atoms with Crippen LogP contribution in [0.2, 0.25) is 0 Å². The predicted molar refractivity (Wildman–Crippen MR) is 89.9 cm³/mol. The topological polar surface area (TPSA) is 106 Å². The van der Waals surface area contributed by atoms with Gasteiger partial charge in [-0.05, 0) is 25.5 Å². The average Bonchev–Trinajstić information content (AvgIpc) is 2.82. The number of fused-ring (bicyclic) bond motifs is 1. The van der Waals surface area contributed by atoms with Crippen LogP contribution in [0.25, 0.3) is 0 Å². The lowest BCUT2D eigenvalue weighted by molar-refractivity contribution is 0.456. The number of sulfonamides is 1. The van der Waals surface area contributed by atoms with Gasteiger partial charge in [-0.25, -0.2) is 22.0 Å². The fraction of sp³-hybridized carbons (Fsp3) is 0.667. The van der Waals surface area contributed by atoms with Gasteiger partial charge in [-0.1, -0.05) is 20.3 Å². The third-order valence-corrected chi connectivity index (χ3v) is 8.99. The van der Waals surface area contributed by atoms with Crippen molar-refractivity contribution in [2.75, 3.05) is 6.54 Å². The molecule has 2 atom stereocenters. The van der Waals surface area contributed by atoms with Gasteiger partial charge in [-0.15, -0.1) is 23.7 Å². The average molecular weight is 389 g/mol. The van der Waals surface area contributed by atoms with Gasteiger partial charge in [0.15, 0.2) is 9.84 Å². The first-order chi connectivity index (χ1) is 9.71. The maximum atomic E-state index is 12.6. The van der Waals surface area contributed by atoms with Gasteiger partial charge in [-0.3, -0.25) is 0 Å². The summed E-state index contributed by atoms with van der Waals surface area (Å²) in [5, 5.41) is 7.91. The van der Waals surface area contributed by atoms with Gasteiger partial charge in [0.25, 0.3) is 0 Å². The molecule has 10 heteroatoms. The lowest BCUT2D eigenvalue weighted by Gasteiger charge is -2.29. The first-order valence-electron chi connectivity index (χ1n) is 6.85. The third-order valence-electron chi connectivity index (χ3n) is 3.62. The number of halogens is 1. The van der Waals surface area contributed by atoms with E-state index in [2.05, 4.69) is 5.32 Å². The van der Waals surface area contributed by atoms with Crippen LogP contribution in [-0.4, -0.2) is 28.6 Å². The molecule has 128 valence electrons. The van der Waals surface area contributed by atoms with Crippen molar-refractivity contribution in [2.45, 2.75) is 52.8 Å². The van der Waals surface area contributed by atoms with E-state index in [0.717, 1.165) is 17.8 Å². The summed E-state index contributed by atoms with van der Waals surface area (Å²) >= 11 is 0.768. The van der Waals surface area contributed by atoms with Crippen molar-refractivity contribution in [3.63, 3.8) is 0 Å². The van der Waals surface area contributed by atoms with Crippen LogP contribution in [-0.2, 0) is 19.9 Å². The quantitative estimate of drug-likeness (QED) is 0.799. The summed E-state index contributed by atoms with van der Waals surface area (Å²) in [5.41, 5.74) is 0.540. The van der Waals surface area contributed by atoms with Gasteiger partial charge in [0.2, 0.25) is 10.0 Å². The Morgan fingerprint density at radius 3 is 2.55 bits per heavy atom. The number of thiophene rings is 1. The molecule has 1 aliphatic heterocycles. The molecule has 1 aromatic rings. The first-order valence-corrected chi connectivity index (χ1v) is 10.8. The molecule has 0 saturated heterocycles. The van der Waals surface area contributed by atoms with E-state index >= 15 is 0 Å². The fourth-order valence-corrected chi connectivity index (χ4v) is 7.49. The zero-order valence-corrected chi connectivity index (χ0v) is 15.7. The predicted octanol–water partition coefficient (Wildman–Crippen LogP) is 1.81. The Balaban J connectivity index is 0.00000242. The van der Waals surface area contributed by atoms with Crippen molar-refractivity contribution in [3.8, 4) is 0 Å². The van der Waals surface area contributed by atoms with Gasteiger partial charge >= 0.3 is 0 Å². The molecular weight excluding hydrogens is 368 g/mol. The normalized spacial score (nSPS) is 23.6. The Labute approximate surface area is 141 Å². The highest BCUT2D eigenvalue weighted by Crippen LogP contribution is 2.43. The highest BCUT2D eigenvalue weighted by molar-refractivity contribution is 7.95. The summed E-state index contributed by atoms with van der Waals surface area (Å²) in [6.45, 7) is 4.56. The SMILES string of the molecule is CCC[C@H]1C[C@H](NCC)c2cc(S(N)(=O)=O)sc2S1(=O)=O.Cl. The number of primary sulfonamides is 1. The summed E-state index contributed by atoms with van der Waals surface area (Å²) < 4.78 is 48.3. The zero-order valence-electron chi connectivity index (χ0n) is 12.4. The van der Waals surface area contributed by atoms with Crippen molar-refractivity contribution < 1.29 is 16.8 Å². The molecule has 1 aliphatic rings.